The summed E-state index contributed by atoms with van der Waals surface area (Å²) in [7, 11) is -2.80. The molecule has 0 radical (unpaired) electrons. The van der Waals surface area contributed by atoms with Gasteiger partial charge in [0, 0.05) is 23.5 Å². The molecule has 10 heteroatoms. The largest absolute Gasteiger partial charge is 0.349 e. The number of hydrogen-bond acceptors (Lipinski definition) is 7. The van der Waals surface area contributed by atoms with Crippen LogP contribution < -0.4 is 5.32 Å². The molecule has 0 aromatic heterocycles. The van der Waals surface area contributed by atoms with Gasteiger partial charge >= 0.3 is 0 Å². The van der Waals surface area contributed by atoms with Crippen molar-refractivity contribution in [2.24, 2.45) is 0 Å². The van der Waals surface area contributed by atoms with Gasteiger partial charge in [-0.25, -0.2) is 0 Å². The molecular formula is C14H30NO5PS3. The van der Waals surface area contributed by atoms with E-state index in [2.05, 4.69) is 23.3 Å². The Bertz CT molecular complexity index is 537. The maximum Gasteiger partial charge on any atom is 0.264 e. The van der Waals surface area contributed by atoms with Crippen LogP contribution in [0.25, 0.3) is 0 Å². The SMILES string of the molecule is CCCP(=O)(CCOS(C)(=O)=O)CNC(=O)CCC(C)(C)SSC. The van der Waals surface area contributed by atoms with Crippen molar-refractivity contribution < 1.29 is 22.0 Å². The molecule has 0 rings (SSSR count). The summed E-state index contributed by atoms with van der Waals surface area (Å²) in [5, 5.41) is 2.75. The zero-order valence-corrected chi connectivity index (χ0v) is 18.5. The molecular weight excluding hydrogens is 389 g/mol. The van der Waals surface area contributed by atoms with Crippen LogP contribution in [0.4, 0.5) is 0 Å². The van der Waals surface area contributed by atoms with Gasteiger partial charge in [0.25, 0.3) is 10.1 Å². The fraction of sp³-hybridized carbons (Fsp3) is 0.929. The minimum absolute atomic E-state index is 0.00714. The minimum Gasteiger partial charge on any atom is -0.349 e. The molecule has 1 unspecified atom stereocenters. The van der Waals surface area contributed by atoms with E-state index in [9.17, 15) is 17.8 Å². The molecule has 0 fully saturated rings. The van der Waals surface area contributed by atoms with Gasteiger partial charge < -0.3 is 9.88 Å². The molecule has 0 saturated carbocycles. The summed E-state index contributed by atoms with van der Waals surface area (Å²) in [6.45, 7) is 5.98. The summed E-state index contributed by atoms with van der Waals surface area (Å²) in [6.07, 6.45) is 5.52. The topological polar surface area (TPSA) is 89.5 Å². The summed E-state index contributed by atoms with van der Waals surface area (Å²) in [5.74, 6) is -0.120. The molecule has 0 bridgehead atoms. The van der Waals surface area contributed by atoms with Gasteiger partial charge in [0.2, 0.25) is 5.91 Å². The molecule has 0 aliphatic carbocycles. The summed E-state index contributed by atoms with van der Waals surface area (Å²) < 4.78 is 39.5. The Balaban J connectivity index is 4.41. The van der Waals surface area contributed by atoms with Crippen LogP contribution in [0.1, 0.15) is 40.0 Å². The minimum atomic E-state index is -3.54. The average Bonchev–Trinajstić information content (AvgIpc) is 2.42. The molecule has 0 aromatic rings. The third-order valence-electron chi connectivity index (χ3n) is 3.25. The van der Waals surface area contributed by atoms with E-state index < -0.39 is 17.3 Å². The molecule has 0 spiro atoms. The third kappa shape index (κ3) is 12.6. The van der Waals surface area contributed by atoms with Crippen molar-refractivity contribution in [2.75, 3.05) is 37.7 Å². The second-order valence-corrected chi connectivity index (χ2v) is 14.4. The Kier molecular flexibility index (Phi) is 11.3. The summed E-state index contributed by atoms with van der Waals surface area (Å²) in [4.78, 5) is 12.0. The molecule has 0 aliphatic rings. The molecule has 1 atom stereocenters. The maximum atomic E-state index is 12.8. The van der Waals surface area contributed by atoms with E-state index >= 15 is 0 Å². The first kappa shape index (κ1) is 24.3. The number of nitrogens with one attached hydrogen (secondary N) is 1. The highest BCUT2D eigenvalue weighted by atomic mass is 33.1. The van der Waals surface area contributed by atoms with E-state index in [4.69, 9.17) is 0 Å². The van der Waals surface area contributed by atoms with Crippen molar-refractivity contribution in [3.63, 3.8) is 0 Å². The van der Waals surface area contributed by atoms with Crippen LogP contribution in [-0.2, 0) is 23.7 Å². The van der Waals surface area contributed by atoms with Gasteiger partial charge in [0.05, 0.1) is 19.1 Å². The zero-order chi connectivity index (χ0) is 18.9. The number of rotatable bonds is 13. The van der Waals surface area contributed by atoms with Gasteiger partial charge in [-0.2, -0.15) is 8.42 Å². The van der Waals surface area contributed by atoms with Crippen molar-refractivity contribution in [1.29, 1.82) is 0 Å². The molecule has 24 heavy (non-hydrogen) atoms. The Labute approximate surface area is 154 Å². The highest BCUT2D eigenvalue weighted by Crippen LogP contribution is 2.44. The molecule has 0 aliphatic heterocycles. The first-order valence-corrected chi connectivity index (χ1v) is 14.5. The second-order valence-electron chi connectivity index (χ2n) is 6.30. The van der Waals surface area contributed by atoms with Crippen LogP contribution in [0.2, 0.25) is 0 Å². The molecule has 0 aromatic carbocycles. The average molecular weight is 420 g/mol. The normalized spacial score (nSPS) is 15.0. The lowest BCUT2D eigenvalue weighted by Crippen LogP contribution is -2.28. The highest BCUT2D eigenvalue weighted by molar-refractivity contribution is 8.76. The van der Waals surface area contributed by atoms with Crippen LogP contribution in [-0.4, -0.2) is 56.8 Å². The Morgan fingerprint density at radius 1 is 1.29 bits per heavy atom. The van der Waals surface area contributed by atoms with Crippen LogP contribution in [0.3, 0.4) is 0 Å². The van der Waals surface area contributed by atoms with Crippen molar-refractivity contribution in [1.82, 2.24) is 5.32 Å². The third-order valence-corrected chi connectivity index (χ3v) is 9.52. The molecule has 144 valence electrons. The van der Waals surface area contributed by atoms with E-state index in [1.165, 1.54) is 0 Å². The Morgan fingerprint density at radius 2 is 1.92 bits per heavy atom. The number of hydrogen-bond donors (Lipinski definition) is 1. The van der Waals surface area contributed by atoms with Crippen LogP contribution in [0.15, 0.2) is 0 Å². The van der Waals surface area contributed by atoms with Gasteiger partial charge in [-0.15, -0.1) is 0 Å². The van der Waals surface area contributed by atoms with Crippen LogP contribution in [0, 0.1) is 0 Å². The lowest BCUT2D eigenvalue weighted by molar-refractivity contribution is -0.120. The number of carbonyl (C=O) groups excluding carboxylic acids is 1. The molecule has 0 heterocycles. The second kappa shape index (κ2) is 11.1. The van der Waals surface area contributed by atoms with Crippen molar-refractivity contribution in [3.8, 4) is 0 Å². The molecule has 0 saturated heterocycles. The fourth-order valence-corrected chi connectivity index (χ4v) is 7.03. The number of amides is 1. The van der Waals surface area contributed by atoms with E-state index in [-0.39, 0.29) is 29.7 Å². The predicted molar refractivity (Wildman–Crippen MR) is 106 cm³/mol. The first-order chi connectivity index (χ1) is 10.9. The van der Waals surface area contributed by atoms with Gasteiger partial charge in [0.1, 0.15) is 7.14 Å². The van der Waals surface area contributed by atoms with Crippen molar-refractivity contribution in [2.45, 2.75) is 44.8 Å². The highest BCUT2D eigenvalue weighted by Gasteiger charge is 2.24. The summed E-state index contributed by atoms with van der Waals surface area (Å²) in [5.41, 5.74) is 0. The van der Waals surface area contributed by atoms with Crippen molar-refractivity contribution >= 4 is 44.8 Å². The predicted octanol–water partition coefficient (Wildman–Crippen LogP) is 3.38. The van der Waals surface area contributed by atoms with E-state index in [0.717, 1.165) is 12.7 Å². The summed E-state index contributed by atoms with van der Waals surface area (Å²) in [6, 6.07) is 0. The lowest BCUT2D eigenvalue weighted by atomic mass is 10.1. The van der Waals surface area contributed by atoms with Crippen LogP contribution >= 0.6 is 28.7 Å². The maximum absolute atomic E-state index is 12.8. The van der Waals surface area contributed by atoms with Gasteiger partial charge in [-0.1, -0.05) is 28.5 Å². The molecule has 1 N–H and O–H groups in total. The monoisotopic (exact) mass is 419 g/mol. The Morgan fingerprint density at radius 3 is 2.42 bits per heavy atom. The first-order valence-electron chi connectivity index (χ1n) is 7.83. The smallest absolute Gasteiger partial charge is 0.264 e. The van der Waals surface area contributed by atoms with Crippen LogP contribution in [0.5, 0.6) is 0 Å². The Hall–Kier alpha value is 0.310. The quantitative estimate of drug-likeness (QED) is 0.278. The standard InChI is InChI=1S/C14H30NO5PS3/c1-6-10-21(17,11-9-20-24(5,18)19)12-15-13(16)7-8-14(2,3)23-22-4/h6-12H2,1-5H3,(H,15,16). The fourth-order valence-electron chi connectivity index (χ4n) is 2.03. The lowest BCUT2D eigenvalue weighted by Gasteiger charge is -2.22. The zero-order valence-electron chi connectivity index (χ0n) is 15.2. The van der Waals surface area contributed by atoms with Gasteiger partial charge in [-0.3, -0.25) is 8.98 Å². The van der Waals surface area contributed by atoms with Gasteiger partial charge in [-0.05, 0) is 32.9 Å². The van der Waals surface area contributed by atoms with Gasteiger partial charge in [0.15, 0.2) is 0 Å². The van der Waals surface area contributed by atoms with E-state index in [1.807, 2.05) is 13.2 Å². The molecule has 1 amide bonds. The van der Waals surface area contributed by atoms with E-state index in [0.29, 0.717) is 19.0 Å². The molecule has 6 nitrogen and oxygen atoms in total. The number of carbonyl (C=O) groups is 1. The van der Waals surface area contributed by atoms with Crippen molar-refractivity contribution in [3.05, 3.63) is 0 Å². The summed E-state index contributed by atoms with van der Waals surface area (Å²) >= 11 is 0. The van der Waals surface area contributed by atoms with E-state index in [1.54, 1.807) is 21.6 Å².